The van der Waals surface area contributed by atoms with E-state index in [0.29, 0.717) is 12.3 Å². The maximum atomic E-state index is 13.0. The van der Waals surface area contributed by atoms with Gasteiger partial charge in [0.15, 0.2) is 0 Å². The van der Waals surface area contributed by atoms with Crippen LogP contribution in [0.1, 0.15) is 13.8 Å². The minimum absolute atomic E-state index is 0.278. The molecule has 1 atom stereocenters. The molecule has 3 nitrogen and oxygen atoms in total. The van der Waals surface area contributed by atoms with Crippen LogP contribution in [-0.2, 0) is 4.79 Å². The highest BCUT2D eigenvalue weighted by molar-refractivity contribution is 7.99. The van der Waals surface area contributed by atoms with E-state index in [0.717, 1.165) is 4.90 Å². The van der Waals surface area contributed by atoms with Gasteiger partial charge in [0, 0.05) is 10.6 Å². The molecule has 1 amide bonds. The van der Waals surface area contributed by atoms with E-state index in [1.807, 2.05) is 6.92 Å². The van der Waals surface area contributed by atoms with E-state index in [4.69, 9.17) is 5.73 Å². The molecule has 17 heavy (non-hydrogen) atoms. The zero-order valence-electron chi connectivity index (χ0n) is 10.00. The molecule has 1 rings (SSSR count). The van der Waals surface area contributed by atoms with Crippen LogP contribution in [0, 0.1) is 5.82 Å². The summed E-state index contributed by atoms with van der Waals surface area (Å²) >= 11 is 1.41. The van der Waals surface area contributed by atoms with Gasteiger partial charge in [0.1, 0.15) is 11.4 Å². The zero-order chi connectivity index (χ0) is 12.9. The van der Waals surface area contributed by atoms with Crippen molar-refractivity contribution in [2.45, 2.75) is 24.3 Å². The first-order chi connectivity index (χ1) is 7.98. The number of likely N-dealkylation sites (N-methyl/N-ethyl adjacent to an activating group) is 1. The molecule has 0 fully saturated rings. The topological polar surface area (TPSA) is 55.1 Å². The molecular weight excluding hydrogens is 239 g/mol. The zero-order valence-corrected chi connectivity index (χ0v) is 10.8. The van der Waals surface area contributed by atoms with Crippen molar-refractivity contribution in [3.8, 4) is 0 Å². The molecule has 0 aliphatic heterocycles. The highest BCUT2D eigenvalue weighted by Crippen LogP contribution is 2.23. The van der Waals surface area contributed by atoms with Crippen molar-refractivity contribution in [2.75, 3.05) is 12.3 Å². The van der Waals surface area contributed by atoms with Gasteiger partial charge in [-0.1, -0.05) is 13.0 Å². The molecule has 0 bridgehead atoms. The van der Waals surface area contributed by atoms with E-state index in [1.165, 1.54) is 23.9 Å². The first-order valence-corrected chi connectivity index (χ1v) is 6.40. The molecule has 1 aromatic carbocycles. The van der Waals surface area contributed by atoms with E-state index in [2.05, 4.69) is 5.32 Å². The van der Waals surface area contributed by atoms with Crippen LogP contribution in [0.4, 0.5) is 4.39 Å². The Bertz CT molecular complexity index is 400. The molecular formula is C12H17FN2OS. The van der Waals surface area contributed by atoms with E-state index >= 15 is 0 Å². The lowest BCUT2D eigenvalue weighted by Crippen LogP contribution is -2.55. The molecule has 1 unspecified atom stereocenters. The quantitative estimate of drug-likeness (QED) is 0.763. The molecule has 0 aliphatic carbocycles. The summed E-state index contributed by atoms with van der Waals surface area (Å²) in [5.74, 6) is -0.206. The number of benzene rings is 1. The molecule has 0 aliphatic rings. The van der Waals surface area contributed by atoms with Crippen molar-refractivity contribution in [1.82, 2.24) is 5.32 Å². The maximum Gasteiger partial charge on any atom is 0.238 e. The Labute approximate surface area is 105 Å². The summed E-state index contributed by atoms with van der Waals surface area (Å²) < 4.78 is 13.0. The smallest absolute Gasteiger partial charge is 0.238 e. The fraction of sp³-hybridized carbons (Fsp3) is 0.417. The van der Waals surface area contributed by atoms with Crippen LogP contribution < -0.4 is 11.1 Å². The lowest BCUT2D eigenvalue weighted by Gasteiger charge is -2.26. The lowest BCUT2D eigenvalue weighted by atomic mass is 10.1. The number of thioether (sulfide) groups is 1. The molecule has 0 aromatic heterocycles. The van der Waals surface area contributed by atoms with Gasteiger partial charge in [-0.05, 0) is 31.7 Å². The first kappa shape index (κ1) is 14.0. The van der Waals surface area contributed by atoms with Gasteiger partial charge in [-0.15, -0.1) is 11.8 Å². The SMILES string of the molecule is CCNC(C)(CSc1cccc(F)c1)C(N)=O. The predicted molar refractivity (Wildman–Crippen MR) is 68.4 cm³/mol. The van der Waals surface area contributed by atoms with Gasteiger partial charge >= 0.3 is 0 Å². The number of hydrogen-bond acceptors (Lipinski definition) is 3. The van der Waals surface area contributed by atoms with E-state index in [-0.39, 0.29) is 5.82 Å². The second kappa shape index (κ2) is 6.02. The van der Waals surface area contributed by atoms with Gasteiger partial charge in [-0.2, -0.15) is 0 Å². The normalized spacial score (nSPS) is 14.3. The molecule has 0 radical (unpaired) electrons. The van der Waals surface area contributed by atoms with Crippen molar-refractivity contribution in [1.29, 1.82) is 0 Å². The molecule has 0 saturated carbocycles. The average Bonchev–Trinajstić information content (AvgIpc) is 2.27. The Hall–Kier alpha value is -1.07. The van der Waals surface area contributed by atoms with E-state index in [9.17, 15) is 9.18 Å². The monoisotopic (exact) mass is 256 g/mol. The predicted octanol–water partition coefficient (Wildman–Crippen LogP) is 1.77. The lowest BCUT2D eigenvalue weighted by molar-refractivity contribution is -0.122. The summed E-state index contributed by atoms with van der Waals surface area (Å²) in [6, 6.07) is 6.29. The number of amides is 1. The average molecular weight is 256 g/mol. The number of rotatable bonds is 6. The number of carbonyl (C=O) groups excluding carboxylic acids is 1. The second-order valence-corrected chi connectivity index (χ2v) is 5.02. The third-order valence-electron chi connectivity index (χ3n) is 2.43. The highest BCUT2D eigenvalue weighted by atomic mass is 32.2. The van der Waals surface area contributed by atoms with Gasteiger partial charge in [-0.25, -0.2) is 4.39 Å². The molecule has 0 heterocycles. The highest BCUT2D eigenvalue weighted by Gasteiger charge is 2.29. The van der Waals surface area contributed by atoms with Crippen molar-refractivity contribution in [3.63, 3.8) is 0 Å². The van der Waals surface area contributed by atoms with Crippen LogP contribution in [0.15, 0.2) is 29.2 Å². The van der Waals surface area contributed by atoms with Crippen LogP contribution in [0.25, 0.3) is 0 Å². The molecule has 0 spiro atoms. The van der Waals surface area contributed by atoms with Crippen LogP contribution in [0.3, 0.4) is 0 Å². The van der Waals surface area contributed by atoms with Crippen molar-refractivity contribution in [3.05, 3.63) is 30.1 Å². The fourth-order valence-electron chi connectivity index (χ4n) is 1.38. The summed E-state index contributed by atoms with van der Waals surface area (Å²) in [7, 11) is 0. The number of carbonyl (C=O) groups is 1. The van der Waals surface area contributed by atoms with Crippen LogP contribution in [-0.4, -0.2) is 23.7 Å². The van der Waals surface area contributed by atoms with Gasteiger partial charge in [-0.3, -0.25) is 4.79 Å². The Morgan fingerprint density at radius 3 is 2.82 bits per heavy atom. The Morgan fingerprint density at radius 1 is 1.59 bits per heavy atom. The van der Waals surface area contributed by atoms with E-state index in [1.54, 1.807) is 19.1 Å². The number of nitrogens with two attached hydrogens (primary N) is 1. The van der Waals surface area contributed by atoms with Crippen LogP contribution in [0.5, 0.6) is 0 Å². The van der Waals surface area contributed by atoms with Gasteiger partial charge < -0.3 is 11.1 Å². The molecule has 1 aromatic rings. The number of primary amides is 1. The third kappa shape index (κ3) is 4.02. The number of halogens is 1. The number of hydrogen-bond donors (Lipinski definition) is 2. The minimum Gasteiger partial charge on any atom is -0.368 e. The van der Waals surface area contributed by atoms with Gasteiger partial charge in [0.25, 0.3) is 0 Å². The second-order valence-electron chi connectivity index (χ2n) is 3.97. The molecule has 0 saturated heterocycles. The largest absolute Gasteiger partial charge is 0.368 e. The fourth-order valence-corrected chi connectivity index (χ4v) is 2.45. The standard InChI is InChI=1S/C12H17FN2OS/c1-3-15-12(2,11(14)16)8-17-10-6-4-5-9(13)7-10/h4-7,15H,3,8H2,1-2H3,(H2,14,16). The Kier molecular flexibility index (Phi) is 4.96. The Balaban J connectivity index is 2.67. The Morgan fingerprint density at radius 2 is 2.29 bits per heavy atom. The maximum absolute atomic E-state index is 13.0. The van der Waals surface area contributed by atoms with Crippen LogP contribution in [0.2, 0.25) is 0 Å². The third-order valence-corrected chi connectivity index (χ3v) is 3.74. The van der Waals surface area contributed by atoms with Crippen molar-refractivity contribution >= 4 is 17.7 Å². The summed E-state index contributed by atoms with van der Waals surface area (Å²) in [4.78, 5) is 12.2. The van der Waals surface area contributed by atoms with Crippen molar-refractivity contribution < 1.29 is 9.18 Å². The summed E-state index contributed by atoms with van der Waals surface area (Å²) in [6.07, 6.45) is 0. The van der Waals surface area contributed by atoms with Crippen molar-refractivity contribution in [2.24, 2.45) is 5.73 Å². The number of nitrogens with one attached hydrogen (secondary N) is 1. The summed E-state index contributed by atoms with van der Waals surface area (Å²) in [5.41, 5.74) is 4.59. The molecule has 94 valence electrons. The molecule has 3 N–H and O–H groups in total. The van der Waals surface area contributed by atoms with Crippen LogP contribution >= 0.6 is 11.8 Å². The summed E-state index contributed by atoms with van der Waals surface area (Å²) in [6.45, 7) is 4.32. The minimum atomic E-state index is -0.772. The van der Waals surface area contributed by atoms with Gasteiger partial charge in [0.2, 0.25) is 5.91 Å². The molecule has 5 heteroatoms. The van der Waals surface area contributed by atoms with E-state index < -0.39 is 11.4 Å². The van der Waals surface area contributed by atoms with Gasteiger partial charge in [0.05, 0.1) is 0 Å². The summed E-state index contributed by atoms with van der Waals surface area (Å²) in [5, 5.41) is 3.05. The first-order valence-electron chi connectivity index (χ1n) is 5.41.